The van der Waals surface area contributed by atoms with Gasteiger partial charge in [0.05, 0.1) is 19.8 Å². The lowest BCUT2D eigenvalue weighted by molar-refractivity contribution is -0.798. The molecule has 0 amide bonds. The van der Waals surface area contributed by atoms with E-state index in [1.807, 2.05) is 12.1 Å². The van der Waals surface area contributed by atoms with Gasteiger partial charge in [-0.15, -0.1) is 8.42 Å². The average Bonchev–Trinajstić information content (AvgIpc) is 3.21. The lowest BCUT2D eigenvalue weighted by Crippen LogP contribution is -2.54. The molecule has 8 nitrogen and oxygen atoms in total. The van der Waals surface area contributed by atoms with E-state index in [2.05, 4.69) is 15.9 Å². The Labute approximate surface area is 179 Å². The van der Waals surface area contributed by atoms with Crippen LogP contribution in [0.15, 0.2) is 18.2 Å². The van der Waals surface area contributed by atoms with E-state index in [0.717, 1.165) is 82.0 Å². The molecule has 9 heteroatoms. The Morgan fingerprint density at radius 1 is 1.07 bits per heavy atom. The molecule has 0 atom stereocenters. The predicted octanol–water partition coefficient (Wildman–Crippen LogP) is 2.37. The summed E-state index contributed by atoms with van der Waals surface area (Å²) in [5, 5.41) is 0. The first kappa shape index (κ1) is 21.7. The van der Waals surface area contributed by atoms with Gasteiger partial charge >= 0.3 is 10.3 Å². The van der Waals surface area contributed by atoms with Crippen molar-refractivity contribution in [3.8, 4) is 11.5 Å². The molecule has 2 heterocycles. The molecule has 3 aliphatic rings. The smallest absolute Gasteiger partial charge is 0.432 e. The van der Waals surface area contributed by atoms with Crippen LogP contribution in [-0.2, 0) is 10.3 Å². The highest BCUT2D eigenvalue weighted by Crippen LogP contribution is 2.41. The first-order valence-corrected chi connectivity index (χ1v) is 12.3. The molecule has 0 unspecified atom stereocenters. The van der Waals surface area contributed by atoms with Crippen LogP contribution in [-0.4, -0.2) is 81.4 Å². The minimum atomic E-state index is -4.07. The number of quaternary nitrogens is 1. The van der Waals surface area contributed by atoms with Gasteiger partial charge in [0.25, 0.3) is 0 Å². The maximum absolute atomic E-state index is 11.7. The lowest BCUT2D eigenvalue weighted by atomic mass is 9.83. The van der Waals surface area contributed by atoms with Crippen molar-refractivity contribution < 1.29 is 26.3 Å². The van der Waals surface area contributed by atoms with E-state index < -0.39 is 10.3 Å². The highest BCUT2D eigenvalue weighted by Gasteiger charge is 2.41. The van der Waals surface area contributed by atoms with Gasteiger partial charge in [-0.2, -0.15) is 3.89 Å². The topological polar surface area (TPSA) is 79.3 Å². The first-order chi connectivity index (χ1) is 14.3. The number of para-hydroxylation sites is 1. The molecule has 0 spiro atoms. The molecule has 1 N–H and O–H groups in total. The number of fused-ring (bicyclic) bond motifs is 1. The van der Waals surface area contributed by atoms with E-state index in [4.69, 9.17) is 9.47 Å². The second kappa shape index (κ2) is 8.53. The summed E-state index contributed by atoms with van der Waals surface area (Å²) < 4.78 is 43.7. The molecule has 0 radical (unpaired) electrons. The average molecular weight is 441 g/mol. The number of benzene rings is 1. The summed E-state index contributed by atoms with van der Waals surface area (Å²) in [6, 6.07) is 6.06. The Balaban J connectivity index is 1.21. The van der Waals surface area contributed by atoms with Crippen LogP contribution in [0.25, 0.3) is 0 Å². The summed E-state index contributed by atoms with van der Waals surface area (Å²) in [4.78, 5) is 4.91. The number of hydrogen-bond donors (Lipinski definition) is 1. The summed E-state index contributed by atoms with van der Waals surface area (Å²) in [6.07, 6.45) is 4.94. The fraction of sp³-hybridized carbons (Fsp3) is 0.714. The largest absolute Gasteiger partial charge is 0.454 e. The van der Waals surface area contributed by atoms with Crippen LogP contribution >= 0.6 is 0 Å². The molecule has 1 saturated heterocycles. The van der Waals surface area contributed by atoms with Crippen molar-refractivity contribution in [3.05, 3.63) is 18.2 Å². The molecule has 1 aliphatic carbocycles. The molecular formula is C21H34N3O5S+. The Hall–Kier alpha value is -1.55. The van der Waals surface area contributed by atoms with Gasteiger partial charge in [0.1, 0.15) is 6.04 Å². The third kappa shape index (κ3) is 4.39. The van der Waals surface area contributed by atoms with Gasteiger partial charge in [-0.25, -0.2) is 4.55 Å². The molecule has 30 heavy (non-hydrogen) atoms. The van der Waals surface area contributed by atoms with Crippen molar-refractivity contribution in [1.29, 1.82) is 0 Å². The zero-order valence-corrected chi connectivity index (χ0v) is 18.8. The quantitative estimate of drug-likeness (QED) is 0.537. The molecule has 2 aliphatic heterocycles. The number of anilines is 1. The van der Waals surface area contributed by atoms with Gasteiger partial charge in [0.15, 0.2) is 11.5 Å². The van der Waals surface area contributed by atoms with E-state index in [-0.39, 0.29) is 9.93 Å². The van der Waals surface area contributed by atoms with E-state index in [0.29, 0.717) is 12.7 Å². The zero-order valence-electron chi connectivity index (χ0n) is 18.0. The highest BCUT2D eigenvalue weighted by molar-refractivity contribution is 7.80. The second-order valence-electron chi connectivity index (χ2n) is 9.18. The number of nitrogens with zero attached hydrogens (tertiary/aromatic N) is 3. The molecule has 1 saturated carbocycles. The second-order valence-corrected chi connectivity index (χ2v) is 11.0. The minimum Gasteiger partial charge on any atom is -0.454 e. The Morgan fingerprint density at radius 3 is 2.43 bits per heavy atom. The molecule has 168 valence electrons. The minimum absolute atomic E-state index is 0.0152. The standard InChI is InChI=1S/C21H33N3O5S/c1-24(2,30(25,26)27)18-8-6-17(7-9-18)10-11-22-12-14-23(15-13-22)19-4-3-5-20-21(19)29-16-28-20/h3-5,17-18H,6-16H2,1-2H3/p+1/t17-,18-. The number of piperazine rings is 1. The van der Waals surface area contributed by atoms with Crippen LogP contribution in [0, 0.1) is 5.92 Å². The van der Waals surface area contributed by atoms with Gasteiger partial charge in [-0.1, -0.05) is 6.07 Å². The molecule has 1 aromatic rings. The van der Waals surface area contributed by atoms with Crippen LogP contribution < -0.4 is 14.4 Å². The SMILES string of the molecule is C[N+](C)([C@H]1CC[C@H](CCN2CCN(c3cccc4c3OCO4)CC2)CC1)S(=O)(=O)O. The third-order valence-corrected chi connectivity index (χ3v) is 8.72. The zero-order chi connectivity index (χ0) is 21.4. The molecular weight excluding hydrogens is 406 g/mol. The number of ether oxygens (including phenoxy) is 2. The Bertz CT molecular complexity index is 844. The maximum atomic E-state index is 11.7. The Kier molecular flexibility index (Phi) is 6.16. The monoisotopic (exact) mass is 440 g/mol. The molecule has 1 aromatic carbocycles. The maximum Gasteiger partial charge on any atom is 0.432 e. The van der Waals surface area contributed by atoms with Crippen molar-refractivity contribution in [2.24, 2.45) is 5.92 Å². The summed E-state index contributed by atoms with van der Waals surface area (Å²) in [6.45, 7) is 5.42. The van der Waals surface area contributed by atoms with Crippen LogP contribution in [0.5, 0.6) is 11.5 Å². The Morgan fingerprint density at radius 2 is 1.77 bits per heavy atom. The summed E-state index contributed by atoms with van der Waals surface area (Å²) in [7, 11) is -0.880. The van der Waals surface area contributed by atoms with Crippen LogP contribution in [0.3, 0.4) is 0 Å². The van der Waals surface area contributed by atoms with Gasteiger partial charge in [0, 0.05) is 39.0 Å². The van der Waals surface area contributed by atoms with Gasteiger partial charge in [-0.05, 0) is 43.9 Å². The molecule has 0 bridgehead atoms. The van der Waals surface area contributed by atoms with E-state index in [1.165, 1.54) is 0 Å². The van der Waals surface area contributed by atoms with Crippen molar-refractivity contribution in [2.75, 3.05) is 58.5 Å². The van der Waals surface area contributed by atoms with Crippen molar-refractivity contribution >= 4 is 16.0 Å². The normalized spacial score (nSPS) is 25.5. The molecule has 0 aromatic heterocycles. The fourth-order valence-electron chi connectivity index (χ4n) is 4.99. The third-order valence-electron chi connectivity index (χ3n) is 7.23. The van der Waals surface area contributed by atoms with E-state index in [1.54, 1.807) is 14.1 Å². The van der Waals surface area contributed by atoms with Gasteiger partial charge in [0.2, 0.25) is 6.79 Å². The van der Waals surface area contributed by atoms with Crippen LogP contribution in [0.1, 0.15) is 32.1 Å². The predicted molar refractivity (Wildman–Crippen MR) is 115 cm³/mol. The van der Waals surface area contributed by atoms with Gasteiger partial charge in [-0.3, -0.25) is 4.90 Å². The van der Waals surface area contributed by atoms with E-state index >= 15 is 0 Å². The van der Waals surface area contributed by atoms with Crippen molar-refractivity contribution in [2.45, 2.75) is 38.1 Å². The fourth-order valence-corrected chi connectivity index (χ4v) is 5.57. The number of rotatable bonds is 6. The first-order valence-electron chi connectivity index (χ1n) is 10.9. The number of hydrogen-bond acceptors (Lipinski definition) is 6. The van der Waals surface area contributed by atoms with Crippen LogP contribution in [0.4, 0.5) is 5.69 Å². The highest BCUT2D eigenvalue weighted by atomic mass is 32.2. The summed E-state index contributed by atoms with van der Waals surface area (Å²) in [5.41, 5.74) is 1.13. The molecule has 2 fully saturated rings. The van der Waals surface area contributed by atoms with Crippen LogP contribution in [0.2, 0.25) is 0 Å². The van der Waals surface area contributed by atoms with E-state index in [9.17, 15) is 13.0 Å². The van der Waals surface area contributed by atoms with Crippen molar-refractivity contribution in [3.63, 3.8) is 0 Å². The van der Waals surface area contributed by atoms with Gasteiger partial charge < -0.3 is 14.4 Å². The lowest BCUT2D eigenvalue weighted by Gasteiger charge is -2.39. The summed E-state index contributed by atoms with van der Waals surface area (Å²) >= 11 is 0. The van der Waals surface area contributed by atoms with Crippen molar-refractivity contribution in [1.82, 2.24) is 4.90 Å². The molecule has 4 rings (SSSR count). The summed E-state index contributed by atoms with van der Waals surface area (Å²) in [5.74, 6) is 2.35.